The van der Waals surface area contributed by atoms with E-state index < -0.39 is 12.1 Å². The van der Waals surface area contributed by atoms with Gasteiger partial charge in [-0.3, -0.25) is 4.79 Å². The molecule has 7 heteroatoms. The van der Waals surface area contributed by atoms with E-state index in [0.717, 1.165) is 5.56 Å². The average Bonchev–Trinajstić information content (AvgIpc) is 2.65. The summed E-state index contributed by atoms with van der Waals surface area (Å²) in [5.41, 5.74) is 3.11. The van der Waals surface area contributed by atoms with Gasteiger partial charge >= 0.3 is 6.03 Å². The number of aryl methyl sites for hydroxylation is 1. The molecule has 0 radical (unpaired) electrons. The number of amides is 3. The van der Waals surface area contributed by atoms with Crippen LogP contribution in [0, 0.1) is 6.92 Å². The third-order valence-corrected chi connectivity index (χ3v) is 4.52. The van der Waals surface area contributed by atoms with Crippen LogP contribution in [-0.4, -0.2) is 23.7 Å². The van der Waals surface area contributed by atoms with Crippen molar-refractivity contribution in [1.29, 1.82) is 0 Å². The zero-order valence-electron chi connectivity index (χ0n) is 16.0. The minimum atomic E-state index is -0.683. The standard InChI is InChI=1S/C21H23N3O4/c1-4-28-17-11-14(9-10-16(17)25)19-18(13(3)22-21(27)24-19)20(26)23-15-8-6-5-7-12(15)2/h5-11,19,25H,4H2,1-3H3,(H,23,26)(H2,22,24,27)/t19-/m1/s1. The zero-order valence-corrected chi connectivity index (χ0v) is 16.0. The minimum absolute atomic E-state index is 0.00234. The molecule has 0 fully saturated rings. The number of hydrogen-bond acceptors (Lipinski definition) is 4. The fraction of sp³-hybridized carbons (Fsp3) is 0.238. The minimum Gasteiger partial charge on any atom is -0.504 e. The van der Waals surface area contributed by atoms with Crippen molar-refractivity contribution in [3.63, 3.8) is 0 Å². The molecule has 4 N–H and O–H groups in total. The van der Waals surface area contributed by atoms with Crippen molar-refractivity contribution in [3.05, 3.63) is 64.9 Å². The molecule has 0 spiro atoms. The van der Waals surface area contributed by atoms with E-state index in [1.165, 1.54) is 6.07 Å². The number of aromatic hydroxyl groups is 1. The first-order valence-corrected chi connectivity index (χ1v) is 9.01. The maximum atomic E-state index is 13.1. The molecule has 0 saturated carbocycles. The molecular formula is C21H23N3O4. The zero-order chi connectivity index (χ0) is 20.3. The number of rotatable bonds is 5. The number of urea groups is 1. The maximum Gasteiger partial charge on any atom is 0.319 e. The Balaban J connectivity index is 1.98. The highest BCUT2D eigenvalue weighted by atomic mass is 16.5. The molecule has 146 valence electrons. The van der Waals surface area contributed by atoms with Crippen LogP contribution in [0.25, 0.3) is 0 Å². The van der Waals surface area contributed by atoms with Gasteiger partial charge in [0.05, 0.1) is 18.2 Å². The lowest BCUT2D eigenvalue weighted by Gasteiger charge is -2.29. The van der Waals surface area contributed by atoms with E-state index in [0.29, 0.717) is 34.9 Å². The molecule has 3 amide bonds. The molecule has 1 aliphatic heterocycles. The predicted molar refractivity (Wildman–Crippen MR) is 106 cm³/mol. The Kier molecular flexibility index (Phi) is 5.54. The summed E-state index contributed by atoms with van der Waals surface area (Å²) < 4.78 is 5.43. The molecule has 1 aliphatic rings. The summed E-state index contributed by atoms with van der Waals surface area (Å²) in [7, 11) is 0. The number of phenols is 1. The lowest BCUT2D eigenvalue weighted by atomic mass is 9.94. The second kappa shape index (κ2) is 8.04. The van der Waals surface area contributed by atoms with Crippen molar-refractivity contribution in [3.8, 4) is 11.5 Å². The van der Waals surface area contributed by atoms with Crippen molar-refractivity contribution < 1.29 is 19.4 Å². The maximum absolute atomic E-state index is 13.1. The van der Waals surface area contributed by atoms with Crippen LogP contribution < -0.4 is 20.7 Å². The molecule has 3 rings (SSSR count). The van der Waals surface area contributed by atoms with Gasteiger partial charge in [0.2, 0.25) is 0 Å². The van der Waals surface area contributed by atoms with E-state index >= 15 is 0 Å². The van der Waals surface area contributed by atoms with Crippen molar-refractivity contribution in [2.75, 3.05) is 11.9 Å². The molecule has 0 unspecified atom stereocenters. The normalized spacial score (nSPS) is 16.2. The number of ether oxygens (including phenoxy) is 1. The molecule has 0 aromatic heterocycles. The number of anilines is 1. The number of hydrogen-bond donors (Lipinski definition) is 4. The molecule has 2 aromatic rings. The quantitative estimate of drug-likeness (QED) is 0.638. The van der Waals surface area contributed by atoms with Crippen molar-refractivity contribution in [2.45, 2.75) is 26.8 Å². The van der Waals surface area contributed by atoms with Gasteiger partial charge in [0.25, 0.3) is 5.91 Å². The van der Waals surface area contributed by atoms with Gasteiger partial charge in [0.1, 0.15) is 0 Å². The molecule has 0 saturated heterocycles. The molecule has 7 nitrogen and oxygen atoms in total. The van der Waals surface area contributed by atoms with E-state index in [-0.39, 0.29) is 11.7 Å². The number of para-hydroxylation sites is 1. The van der Waals surface area contributed by atoms with Gasteiger partial charge in [0.15, 0.2) is 11.5 Å². The largest absolute Gasteiger partial charge is 0.504 e. The number of benzene rings is 2. The number of carbonyl (C=O) groups is 2. The second-order valence-corrected chi connectivity index (χ2v) is 6.50. The second-order valence-electron chi connectivity index (χ2n) is 6.50. The van der Waals surface area contributed by atoms with Crippen LogP contribution in [-0.2, 0) is 4.79 Å². The topological polar surface area (TPSA) is 99.7 Å². The number of nitrogens with one attached hydrogen (secondary N) is 3. The number of phenolic OH excluding ortho intramolecular Hbond substituents is 1. The summed E-state index contributed by atoms with van der Waals surface area (Å²) in [4.78, 5) is 25.1. The van der Waals surface area contributed by atoms with Gasteiger partial charge in [-0.25, -0.2) is 4.79 Å². The first-order valence-electron chi connectivity index (χ1n) is 9.01. The van der Waals surface area contributed by atoms with Crippen LogP contribution in [0.4, 0.5) is 10.5 Å². The SMILES string of the molecule is CCOc1cc([C@H]2NC(=O)NC(C)=C2C(=O)Nc2ccccc2C)ccc1O. The number of allylic oxidation sites excluding steroid dienone is 1. The van der Waals surface area contributed by atoms with E-state index in [1.54, 1.807) is 19.1 Å². The molecule has 2 aromatic carbocycles. The first kappa shape index (κ1) is 19.3. The van der Waals surface area contributed by atoms with E-state index in [9.17, 15) is 14.7 Å². The lowest BCUT2D eigenvalue weighted by Crippen LogP contribution is -2.46. The van der Waals surface area contributed by atoms with E-state index in [1.807, 2.05) is 38.1 Å². The average molecular weight is 381 g/mol. The van der Waals surface area contributed by atoms with Gasteiger partial charge in [-0.1, -0.05) is 24.3 Å². The van der Waals surface area contributed by atoms with E-state index in [2.05, 4.69) is 16.0 Å². The van der Waals surface area contributed by atoms with Crippen LogP contribution in [0.2, 0.25) is 0 Å². The summed E-state index contributed by atoms with van der Waals surface area (Å²) in [6.45, 7) is 5.78. The van der Waals surface area contributed by atoms with Gasteiger partial charge in [-0.15, -0.1) is 0 Å². The lowest BCUT2D eigenvalue weighted by molar-refractivity contribution is -0.113. The van der Waals surface area contributed by atoms with Crippen molar-refractivity contribution in [1.82, 2.24) is 10.6 Å². The fourth-order valence-corrected chi connectivity index (χ4v) is 3.13. The van der Waals surface area contributed by atoms with Crippen molar-refractivity contribution >= 4 is 17.6 Å². The third-order valence-electron chi connectivity index (χ3n) is 4.52. The van der Waals surface area contributed by atoms with Gasteiger partial charge in [-0.05, 0) is 50.1 Å². The molecule has 0 bridgehead atoms. The Morgan fingerprint density at radius 1 is 1.21 bits per heavy atom. The Hall–Kier alpha value is -3.48. The highest BCUT2D eigenvalue weighted by Crippen LogP contribution is 2.34. The monoisotopic (exact) mass is 381 g/mol. The molecule has 1 heterocycles. The molecule has 1 atom stereocenters. The Morgan fingerprint density at radius 3 is 2.68 bits per heavy atom. The summed E-state index contributed by atoms with van der Waals surface area (Å²) >= 11 is 0. The van der Waals surface area contributed by atoms with E-state index in [4.69, 9.17) is 4.74 Å². The van der Waals surface area contributed by atoms with Crippen LogP contribution in [0.3, 0.4) is 0 Å². The first-order chi connectivity index (χ1) is 13.4. The summed E-state index contributed by atoms with van der Waals surface area (Å²) in [6.07, 6.45) is 0. The van der Waals surface area contributed by atoms with Gasteiger partial charge in [-0.2, -0.15) is 0 Å². The Morgan fingerprint density at radius 2 is 1.96 bits per heavy atom. The van der Waals surface area contributed by atoms with Gasteiger partial charge < -0.3 is 25.8 Å². The molecular weight excluding hydrogens is 358 g/mol. The predicted octanol–water partition coefficient (Wildman–Crippen LogP) is 3.37. The van der Waals surface area contributed by atoms with Crippen LogP contribution >= 0.6 is 0 Å². The fourth-order valence-electron chi connectivity index (χ4n) is 3.13. The van der Waals surface area contributed by atoms with Crippen LogP contribution in [0.1, 0.15) is 31.0 Å². The summed E-state index contributed by atoms with van der Waals surface area (Å²) in [5, 5.41) is 18.3. The van der Waals surface area contributed by atoms with Crippen LogP contribution in [0.5, 0.6) is 11.5 Å². The number of carbonyl (C=O) groups excluding carboxylic acids is 2. The van der Waals surface area contributed by atoms with Crippen molar-refractivity contribution in [2.24, 2.45) is 0 Å². The molecule has 0 aliphatic carbocycles. The highest BCUT2D eigenvalue weighted by molar-refractivity contribution is 6.07. The molecule has 28 heavy (non-hydrogen) atoms. The smallest absolute Gasteiger partial charge is 0.319 e. The third kappa shape index (κ3) is 3.93. The summed E-state index contributed by atoms with van der Waals surface area (Å²) in [5.74, 6) is -0.0306. The Labute approximate surface area is 163 Å². The highest BCUT2D eigenvalue weighted by Gasteiger charge is 2.31. The van der Waals surface area contributed by atoms with Crippen LogP contribution in [0.15, 0.2) is 53.7 Å². The summed E-state index contributed by atoms with van der Waals surface area (Å²) in [6, 6.07) is 11.2. The van der Waals surface area contributed by atoms with Gasteiger partial charge in [0, 0.05) is 11.4 Å². The Bertz CT molecular complexity index is 952.